The quantitative estimate of drug-likeness (QED) is 0.944. The van der Waals surface area contributed by atoms with Crippen molar-refractivity contribution < 1.29 is 13.6 Å². The summed E-state index contributed by atoms with van der Waals surface area (Å²) in [6, 6.07) is 1.25. The summed E-state index contributed by atoms with van der Waals surface area (Å²) in [5.74, 6) is -0.512. The molecule has 2 aromatic rings. The average molecular weight is 300 g/mol. The third kappa shape index (κ3) is 3.01. The summed E-state index contributed by atoms with van der Waals surface area (Å²) in [5, 5.41) is 8.90. The average Bonchev–Trinajstić information content (AvgIpc) is 2.96. The molecule has 0 saturated heterocycles. The smallest absolute Gasteiger partial charge is 0.333 e. The number of hydrogen-bond donors (Lipinski definition) is 1. The maximum atomic E-state index is 12.4. The molecule has 0 radical (unpaired) electrons. The van der Waals surface area contributed by atoms with Crippen molar-refractivity contribution in [2.45, 2.75) is 32.9 Å². The Bertz CT molecular complexity index is 621. The van der Waals surface area contributed by atoms with Gasteiger partial charge in [0.25, 0.3) is 5.91 Å². The van der Waals surface area contributed by atoms with Crippen LogP contribution >= 0.6 is 11.3 Å². The molecule has 0 bridgehead atoms. The predicted molar refractivity (Wildman–Crippen MR) is 70.8 cm³/mol. The number of alkyl halides is 2. The third-order valence-electron chi connectivity index (χ3n) is 2.62. The van der Waals surface area contributed by atoms with Crippen molar-refractivity contribution in [2.24, 2.45) is 0 Å². The standard InChI is InChI=1S/C12H14F2N4OS/c1-7-6-20-10(15-7)12(2,3)16-9(19)8-4-5-18(17-8)11(13)14/h4-6,11H,1-3H3,(H,16,19). The summed E-state index contributed by atoms with van der Waals surface area (Å²) in [5.41, 5.74) is 0.130. The van der Waals surface area contributed by atoms with Crippen LogP contribution < -0.4 is 5.32 Å². The van der Waals surface area contributed by atoms with Gasteiger partial charge in [-0.25, -0.2) is 9.67 Å². The number of amides is 1. The van der Waals surface area contributed by atoms with Crippen LogP contribution in [0.15, 0.2) is 17.6 Å². The highest BCUT2D eigenvalue weighted by molar-refractivity contribution is 7.09. The van der Waals surface area contributed by atoms with E-state index in [2.05, 4.69) is 15.4 Å². The van der Waals surface area contributed by atoms with E-state index in [1.807, 2.05) is 12.3 Å². The van der Waals surface area contributed by atoms with Crippen LogP contribution in [-0.4, -0.2) is 20.7 Å². The summed E-state index contributed by atoms with van der Waals surface area (Å²) in [4.78, 5) is 16.3. The van der Waals surface area contributed by atoms with Gasteiger partial charge < -0.3 is 5.32 Å². The number of hydrogen-bond acceptors (Lipinski definition) is 4. The molecule has 5 nitrogen and oxygen atoms in total. The number of thiazole rings is 1. The molecule has 2 rings (SSSR count). The lowest BCUT2D eigenvalue weighted by molar-refractivity contribution is 0.0559. The lowest BCUT2D eigenvalue weighted by Gasteiger charge is -2.23. The normalized spacial score (nSPS) is 11.9. The molecule has 0 saturated carbocycles. The Kier molecular flexibility index (Phi) is 3.85. The third-order valence-corrected chi connectivity index (χ3v) is 3.90. The number of aryl methyl sites for hydroxylation is 1. The summed E-state index contributed by atoms with van der Waals surface area (Å²) < 4.78 is 25.3. The van der Waals surface area contributed by atoms with Crippen LogP contribution in [0.4, 0.5) is 8.78 Å². The zero-order chi connectivity index (χ0) is 14.9. The van der Waals surface area contributed by atoms with Crippen molar-refractivity contribution in [1.82, 2.24) is 20.1 Å². The van der Waals surface area contributed by atoms with Gasteiger partial charge in [-0.1, -0.05) is 0 Å². The summed E-state index contributed by atoms with van der Waals surface area (Å²) >= 11 is 1.43. The molecule has 1 amide bonds. The molecule has 0 aliphatic heterocycles. The summed E-state index contributed by atoms with van der Waals surface area (Å²) in [6.07, 6.45) is 1.07. The second-order valence-corrected chi connectivity index (χ2v) is 5.69. The molecule has 0 fully saturated rings. The van der Waals surface area contributed by atoms with E-state index < -0.39 is 18.0 Å². The largest absolute Gasteiger partial charge is 0.339 e. The van der Waals surface area contributed by atoms with Gasteiger partial charge in [-0.3, -0.25) is 4.79 Å². The summed E-state index contributed by atoms with van der Waals surface area (Å²) in [6.45, 7) is 2.70. The number of carbonyl (C=O) groups excluding carboxylic acids is 1. The molecule has 8 heteroatoms. The van der Waals surface area contributed by atoms with Crippen LogP contribution in [0.1, 0.15) is 41.6 Å². The molecule has 0 spiro atoms. The van der Waals surface area contributed by atoms with Crippen molar-refractivity contribution in [3.8, 4) is 0 Å². The van der Waals surface area contributed by atoms with Gasteiger partial charge >= 0.3 is 6.55 Å². The van der Waals surface area contributed by atoms with Crippen LogP contribution in [0.3, 0.4) is 0 Å². The highest BCUT2D eigenvalue weighted by atomic mass is 32.1. The van der Waals surface area contributed by atoms with E-state index >= 15 is 0 Å². The zero-order valence-corrected chi connectivity index (χ0v) is 12.0. The lowest BCUT2D eigenvalue weighted by atomic mass is 10.1. The van der Waals surface area contributed by atoms with Gasteiger partial charge in [0.2, 0.25) is 0 Å². The van der Waals surface area contributed by atoms with Gasteiger partial charge in [0, 0.05) is 17.3 Å². The fraction of sp³-hybridized carbons (Fsp3) is 0.417. The molecule has 0 aliphatic rings. The minimum atomic E-state index is -2.76. The molecule has 108 valence electrons. The van der Waals surface area contributed by atoms with Crippen LogP contribution in [0.2, 0.25) is 0 Å². The van der Waals surface area contributed by atoms with Crippen LogP contribution in [-0.2, 0) is 5.54 Å². The molecule has 1 N–H and O–H groups in total. The fourth-order valence-electron chi connectivity index (χ4n) is 1.61. The lowest BCUT2D eigenvalue weighted by Crippen LogP contribution is -2.41. The van der Waals surface area contributed by atoms with Crippen molar-refractivity contribution >= 4 is 17.2 Å². The van der Waals surface area contributed by atoms with Crippen LogP contribution in [0, 0.1) is 6.92 Å². The highest BCUT2D eigenvalue weighted by Gasteiger charge is 2.27. The number of nitrogens with one attached hydrogen (secondary N) is 1. The monoisotopic (exact) mass is 300 g/mol. The highest BCUT2D eigenvalue weighted by Crippen LogP contribution is 2.24. The first kappa shape index (κ1) is 14.6. The SMILES string of the molecule is Cc1csc(C(C)(C)NC(=O)c2ccn(C(F)F)n2)n1. The Morgan fingerprint density at radius 3 is 2.70 bits per heavy atom. The predicted octanol–water partition coefficient (Wildman–Crippen LogP) is 2.71. The fourth-order valence-corrected chi connectivity index (χ4v) is 2.49. The maximum absolute atomic E-state index is 12.4. The first-order chi connectivity index (χ1) is 9.29. The van der Waals surface area contributed by atoms with E-state index in [4.69, 9.17) is 0 Å². The number of rotatable bonds is 4. The second-order valence-electron chi connectivity index (χ2n) is 4.83. The van der Waals surface area contributed by atoms with Gasteiger partial charge in [-0.15, -0.1) is 11.3 Å². The molecular weight excluding hydrogens is 286 g/mol. The van der Waals surface area contributed by atoms with Crippen LogP contribution in [0.5, 0.6) is 0 Å². The van der Waals surface area contributed by atoms with Crippen molar-refractivity contribution in [3.05, 3.63) is 34.0 Å². The summed E-state index contributed by atoms with van der Waals surface area (Å²) in [7, 11) is 0. The molecule has 0 aliphatic carbocycles. The Labute approximate surface area is 118 Å². The van der Waals surface area contributed by atoms with Crippen molar-refractivity contribution in [3.63, 3.8) is 0 Å². The van der Waals surface area contributed by atoms with Gasteiger partial charge in [-0.2, -0.15) is 13.9 Å². The second kappa shape index (κ2) is 5.28. The molecule has 2 heterocycles. The van der Waals surface area contributed by atoms with Gasteiger partial charge in [0.05, 0.1) is 5.54 Å². The van der Waals surface area contributed by atoms with Crippen LogP contribution in [0.25, 0.3) is 0 Å². The Balaban J connectivity index is 2.13. The minimum Gasteiger partial charge on any atom is -0.339 e. The molecule has 0 aromatic carbocycles. The van der Waals surface area contributed by atoms with Gasteiger partial charge in [-0.05, 0) is 26.8 Å². The molecule has 0 unspecified atom stereocenters. The Hall–Kier alpha value is -1.83. The first-order valence-corrected chi connectivity index (χ1v) is 6.76. The van der Waals surface area contributed by atoms with Crippen molar-refractivity contribution in [1.29, 1.82) is 0 Å². The molecule has 20 heavy (non-hydrogen) atoms. The zero-order valence-electron chi connectivity index (χ0n) is 11.2. The Morgan fingerprint density at radius 1 is 1.50 bits per heavy atom. The molecule has 2 aromatic heterocycles. The van der Waals surface area contributed by atoms with Gasteiger partial charge in [0.1, 0.15) is 10.7 Å². The Morgan fingerprint density at radius 2 is 2.20 bits per heavy atom. The first-order valence-electron chi connectivity index (χ1n) is 5.88. The molecule has 0 atom stereocenters. The van der Waals surface area contributed by atoms with E-state index in [9.17, 15) is 13.6 Å². The molecular formula is C12H14F2N4OS. The number of aromatic nitrogens is 3. The van der Waals surface area contributed by atoms with E-state index in [0.717, 1.165) is 16.9 Å². The van der Waals surface area contributed by atoms with Crippen molar-refractivity contribution in [2.75, 3.05) is 0 Å². The van der Waals surface area contributed by atoms with E-state index in [0.29, 0.717) is 4.68 Å². The maximum Gasteiger partial charge on any atom is 0.333 e. The minimum absolute atomic E-state index is 0.0494. The number of carbonyl (C=O) groups is 1. The number of nitrogens with zero attached hydrogens (tertiary/aromatic N) is 3. The van der Waals surface area contributed by atoms with E-state index in [1.165, 1.54) is 17.4 Å². The van der Waals surface area contributed by atoms with Gasteiger partial charge in [0.15, 0.2) is 0 Å². The van der Waals surface area contributed by atoms with E-state index in [-0.39, 0.29) is 5.69 Å². The number of halogens is 2. The topological polar surface area (TPSA) is 59.8 Å². The van der Waals surface area contributed by atoms with E-state index in [1.54, 1.807) is 13.8 Å².